The minimum Gasteiger partial charge on any atom is -0.318 e. The van der Waals surface area contributed by atoms with Gasteiger partial charge < -0.3 is 9.55 Å². The number of aromatic amines is 1. The number of aromatic nitrogens is 4. The Morgan fingerprint density at radius 2 is 1.50 bits per heavy atom. The number of hydrogen-bond donors (Lipinski definition) is 1. The predicted molar refractivity (Wildman–Crippen MR) is 140 cm³/mol. The van der Waals surface area contributed by atoms with Gasteiger partial charge in [-0.1, -0.05) is 37.8 Å². The van der Waals surface area contributed by atoms with E-state index >= 15 is 0 Å². The van der Waals surface area contributed by atoms with Crippen molar-refractivity contribution in [3.8, 4) is 11.4 Å². The van der Waals surface area contributed by atoms with Crippen LogP contribution in [0.1, 0.15) is 76.7 Å². The molecular formula is C29H35N5O2. The largest absolute Gasteiger partial charge is 0.318 e. The minimum absolute atomic E-state index is 0.124. The van der Waals surface area contributed by atoms with Gasteiger partial charge in [-0.15, -0.1) is 0 Å². The van der Waals surface area contributed by atoms with E-state index in [4.69, 9.17) is 0 Å². The Labute approximate surface area is 211 Å². The Morgan fingerprint density at radius 1 is 0.778 bits per heavy atom. The van der Waals surface area contributed by atoms with Gasteiger partial charge in [0.05, 0.1) is 29.1 Å². The van der Waals surface area contributed by atoms with E-state index in [0.29, 0.717) is 17.8 Å². The highest BCUT2D eigenvalue weighted by molar-refractivity contribution is 5.77. The highest BCUT2D eigenvalue weighted by Crippen LogP contribution is 2.47. The maximum absolute atomic E-state index is 14.0. The van der Waals surface area contributed by atoms with Crippen molar-refractivity contribution in [2.75, 3.05) is 0 Å². The van der Waals surface area contributed by atoms with E-state index in [2.05, 4.69) is 19.9 Å². The molecule has 2 saturated heterocycles. The zero-order valence-corrected chi connectivity index (χ0v) is 20.8. The number of nitrogens with zero attached hydrogens (tertiary/aromatic N) is 4. The van der Waals surface area contributed by atoms with Gasteiger partial charge in [-0.3, -0.25) is 19.5 Å². The van der Waals surface area contributed by atoms with Gasteiger partial charge in [0.1, 0.15) is 0 Å². The zero-order valence-electron chi connectivity index (χ0n) is 20.8. The molecule has 0 radical (unpaired) electrons. The van der Waals surface area contributed by atoms with Crippen molar-refractivity contribution in [2.45, 2.75) is 94.8 Å². The molecule has 6 atom stereocenters. The van der Waals surface area contributed by atoms with Crippen LogP contribution in [0, 0.1) is 11.8 Å². The lowest BCUT2D eigenvalue weighted by atomic mass is 9.68. The first-order valence-electron chi connectivity index (χ1n) is 14.0. The molecule has 2 aliphatic carbocycles. The summed E-state index contributed by atoms with van der Waals surface area (Å²) in [6.45, 7) is 0. The van der Waals surface area contributed by atoms with E-state index in [0.717, 1.165) is 41.8 Å². The summed E-state index contributed by atoms with van der Waals surface area (Å²) in [5, 5.41) is 0. The van der Waals surface area contributed by atoms with Crippen LogP contribution in [0.15, 0.2) is 46.2 Å². The summed E-state index contributed by atoms with van der Waals surface area (Å²) in [4.78, 5) is 40.3. The molecule has 4 heterocycles. The van der Waals surface area contributed by atoms with Crippen LogP contribution in [0.4, 0.5) is 0 Å². The minimum atomic E-state index is -0.325. The Kier molecular flexibility index (Phi) is 5.57. The summed E-state index contributed by atoms with van der Waals surface area (Å²) >= 11 is 0. The third-order valence-electron chi connectivity index (χ3n) is 9.60. The normalized spacial score (nSPS) is 32.4. The van der Waals surface area contributed by atoms with E-state index in [1.807, 2.05) is 28.8 Å². The Balaban J connectivity index is 1.27. The number of fused-ring (bicyclic) bond motifs is 5. The number of piperidine rings is 2. The molecule has 1 aromatic carbocycles. The van der Waals surface area contributed by atoms with Crippen molar-refractivity contribution in [1.82, 2.24) is 24.4 Å². The maximum atomic E-state index is 14.0. The topological polar surface area (TPSA) is 83.9 Å². The number of nitrogens with one attached hydrogen (secondary N) is 1. The highest BCUT2D eigenvalue weighted by atomic mass is 16.1. The highest BCUT2D eigenvalue weighted by Gasteiger charge is 2.45. The van der Waals surface area contributed by atoms with Crippen LogP contribution in [0.5, 0.6) is 0 Å². The molecule has 188 valence electrons. The fraction of sp³-hybridized carbons (Fsp3) is 0.586. The van der Waals surface area contributed by atoms with Crippen LogP contribution in [0.2, 0.25) is 0 Å². The van der Waals surface area contributed by atoms with E-state index in [1.165, 1.54) is 70.2 Å². The number of H-pyrrole nitrogens is 1. The van der Waals surface area contributed by atoms with Crippen molar-refractivity contribution in [2.24, 2.45) is 11.8 Å². The monoisotopic (exact) mass is 485 g/mol. The standard InChI is InChI=1S/C29H35N5O2/c35-27-17-30-16-25(31-27)28-29(36)34(26-10-2-1-9-24(26)32-28)23-14-20-7-4-8-21(15-23)33(20)22-12-18-5-3-6-19(11-18)13-22/h1-2,9-10,16-23H,3-8,11-15H2,(H,31,35)/t18-,19+,20-,21+,22?,23?. The van der Waals surface area contributed by atoms with Crippen molar-refractivity contribution < 1.29 is 0 Å². The first kappa shape index (κ1) is 22.4. The Morgan fingerprint density at radius 3 is 2.25 bits per heavy atom. The number of rotatable bonds is 3. The fourth-order valence-electron chi connectivity index (χ4n) is 8.32. The summed E-state index contributed by atoms with van der Waals surface area (Å²) in [6.07, 6.45) is 17.0. The third kappa shape index (κ3) is 3.83. The molecule has 0 amide bonds. The average molecular weight is 486 g/mol. The second kappa shape index (κ2) is 8.94. The summed E-state index contributed by atoms with van der Waals surface area (Å²) in [5.41, 5.74) is 1.89. The summed E-state index contributed by atoms with van der Waals surface area (Å²) < 4.78 is 2.00. The molecular weight excluding hydrogens is 450 g/mol. The molecule has 0 spiro atoms. The molecule has 1 N–H and O–H groups in total. The van der Waals surface area contributed by atoms with Gasteiger partial charge in [0, 0.05) is 24.2 Å². The van der Waals surface area contributed by atoms with Gasteiger partial charge in [0.2, 0.25) is 0 Å². The zero-order chi connectivity index (χ0) is 24.2. The molecule has 2 saturated carbocycles. The molecule has 4 fully saturated rings. The predicted octanol–water partition coefficient (Wildman–Crippen LogP) is 4.67. The van der Waals surface area contributed by atoms with Crippen LogP contribution in [0.25, 0.3) is 22.4 Å². The van der Waals surface area contributed by atoms with Gasteiger partial charge in [0.25, 0.3) is 11.1 Å². The molecule has 2 unspecified atom stereocenters. The fourth-order valence-corrected chi connectivity index (χ4v) is 8.32. The van der Waals surface area contributed by atoms with Crippen molar-refractivity contribution in [3.05, 3.63) is 57.4 Å². The van der Waals surface area contributed by atoms with Crippen molar-refractivity contribution >= 4 is 11.0 Å². The van der Waals surface area contributed by atoms with Gasteiger partial charge in [0.15, 0.2) is 5.69 Å². The number of para-hydroxylation sites is 2. The van der Waals surface area contributed by atoms with E-state index in [9.17, 15) is 9.59 Å². The lowest BCUT2D eigenvalue weighted by molar-refractivity contribution is -0.0485. The van der Waals surface area contributed by atoms with Gasteiger partial charge in [-0.05, 0) is 68.9 Å². The quantitative estimate of drug-likeness (QED) is 0.583. The van der Waals surface area contributed by atoms with Gasteiger partial charge in [-0.25, -0.2) is 4.98 Å². The molecule has 4 bridgehead atoms. The van der Waals surface area contributed by atoms with E-state index in [1.54, 1.807) is 0 Å². The molecule has 3 aromatic rings. The Bertz CT molecular complexity index is 1370. The first-order chi connectivity index (χ1) is 17.6. The van der Waals surface area contributed by atoms with E-state index in [-0.39, 0.29) is 22.9 Å². The third-order valence-corrected chi connectivity index (χ3v) is 9.60. The molecule has 4 aliphatic rings. The maximum Gasteiger partial charge on any atom is 0.279 e. The molecule has 7 heteroatoms. The van der Waals surface area contributed by atoms with E-state index < -0.39 is 0 Å². The molecule has 36 heavy (non-hydrogen) atoms. The number of benzene rings is 1. The van der Waals surface area contributed by atoms with Crippen LogP contribution in [0.3, 0.4) is 0 Å². The summed E-state index contributed by atoms with van der Waals surface area (Å²) in [6, 6.07) is 9.89. The van der Waals surface area contributed by atoms with Crippen LogP contribution >= 0.6 is 0 Å². The van der Waals surface area contributed by atoms with Crippen LogP contribution in [-0.4, -0.2) is 42.5 Å². The average Bonchev–Trinajstić information content (AvgIpc) is 2.87. The first-order valence-corrected chi connectivity index (χ1v) is 14.0. The number of hydrogen-bond acceptors (Lipinski definition) is 5. The second-order valence-electron chi connectivity index (χ2n) is 11.8. The van der Waals surface area contributed by atoms with Crippen LogP contribution < -0.4 is 11.1 Å². The van der Waals surface area contributed by atoms with Gasteiger partial charge in [-0.2, -0.15) is 0 Å². The lowest BCUT2D eigenvalue weighted by Gasteiger charge is -2.55. The molecule has 7 rings (SSSR count). The SMILES string of the molecule is O=c1cncc(-c2nc3ccccc3n(C3C[C@H]4CCC[C@@H](C3)N4C3C[C@H]4CCC[C@@H](C3)C4)c2=O)[nH]1. The summed E-state index contributed by atoms with van der Waals surface area (Å²) in [7, 11) is 0. The molecule has 2 aliphatic heterocycles. The Hall–Kier alpha value is -2.80. The molecule has 7 nitrogen and oxygen atoms in total. The summed E-state index contributed by atoms with van der Waals surface area (Å²) in [5.74, 6) is 1.86. The van der Waals surface area contributed by atoms with Crippen molar-refractivity contribution in [1.29, 1.82) is 0 Å². The van der Waals surface area contributed by atoms with Crippen LogP contribution in [-0.2, 0) is 0 Å². The second-order valence-corrected chi connectivity index (χ2v) is 11.8. The lowest BCUT2D eigenvalue weighted by Crippen LogP contribution is -2.58. The smallest absolute Gasteiger partial charge is 0.279 e. The van der Waals surface area contributed by atoms with Gasteiger partial charge >= 0.3 is 0 Å². The molecule has 2 aromatic heterocycles. The van der Waals surface area contributed by atoms with Crippen molar-refractivity contribution in [3.63, 3.8) is 0 Å².